The van der Waals surface area contributed by atoms with Crippen molar-refractivity contribution in [1.29, 1.82) is 0 Å². The molecule has 4 aromatic rings. The normalized spacial score (nSPS) is 11.2. The molecule has 7 nitrogen and oxygen atoms in total. The standard InChI is InChI=1S/C24H24FN5O2S/c1-12(2)30-22-19(11-27-30)17(10-21(29-22)16-8-13(3)33-14(16)4)24(32)28-15-6-7-20(25)18(9-15)23(31)26-5/h6-12H,1-5H3,(H,26,31)(H,28,32). The molecule has 9 heteroatoms. The van der Waals surface area contributed by atoms with Crippen molar-refractivity contribution in [2.75, 3.05) is 12.4 Å². The van der Waals surface area contributed by atoms with Crippen LogP contribution in [0.2, 0.25) is 0 Å². The molecule has 0 saturated heterocycles. The van der Waals surface area contributed by atoms with E-state index in [-0.39, 0.29) is 11.6 Å². The Kier molecular flexibility index (Phi) is 5.99. The summed E-state index contributed by atoms with van der Waals surface area (Å²) in [5.74, 6) is -1.63. The third kappa shape index (κ3) is 4.23. The molecule has 0 atom stereocenters. The maximum Gasteiger partial charge on any atom is 0.256 e. The monoisotopic (exact) mass is 465 g/mol. The maximum absolute atomic E-state index is 14.0. The third-order valence-electron chi connectivity index (χ3n) is 5.31. The number of thiophene rings is 1. The highest BCUT2D eigenvalue weighted by Gasteiger charge is 2.21. The van der Waals surface area contributed by atoms with Crippen LogP contribution in [-0.4, -0.2) is 33.6 Å². The van der Waals surface area contributed by atoms with Crippen molar-refractivity contribution in [2.24, 2.45) is 0 Å². The zero-order valence-corrected chi connectivity index (χ0v) is 19.8. The Morgan fingerprint density at radius 1 is 1.09 bits per heavy atom. The number of aromatic nitrogens is 3. The second kappa shape index (κ2) is 8.74. The first-order valence-corrected chi connectivity index (χ1v) is 11.3. The summed E-state index contributed by atoms with van der Waals surface area (Å²) in [6.45, 7) is 8.06. The average Bonchev–Trinajstić information content (AvgIpc) is 3.36. The van der Waals surface area contributed by atoms with Crippen LogP contribution in [0.5, 0.6) is 0 Å². The van der Waals surface area contributed by atoms with Gasteiger partial charge in [-0.05, 0) is 58.0 Å². The number of hydrogen-bond donors (Lipinski definition) is 2. The predicted molar refractivity (Wildman–Crippen MR) is 128 cm³/mol. The van der Waals surface area contributed by atoms with Gasteiger partial charge in [0.05, 0.1) is 28.4 Å². The number of nitrogens with zero attached hydrogens (tertiary/aromatic N) is 3. The van der Waals surface area contributed by atoms with Gasteiger partial charge < -0.3 is 10.6 Å². The van der Waals surface area contributed by atoms with Crippen LogP contribution in [0, 0.1) is 19.7 Å². The third-order valence-corrected chi connectivity index (χ3v) is 6.28. The van der Waals surface area contributed by atoms with E-state index >= 15 is 0 Å². The average molecular weight is 466 g/mol. The molecule has 0 spiro atoms. The minimum atomic E-state index is -0.664. The Morgan fingerprint density at radius 3 is 2.48 bits per heavy atom. The molecule has 4 rings (SSSR count). The summed E-state index contributed by atoms with van der Waals surface area (Å²) >= 11 is 1.67. The molecule has 33 heavy (non-hydrogen) atoms. The van der Waals surface area contributed by atoms with Crippen molar-refractivity contribution in [3.05, 3.63) is 63.2 Å². The highest BCUT2D eigenvalue weighted by atomic mass is 32.1. The van der Waals surface area contributed by atoms with E-state index in [1.54, 1.807) is 28.3 Å². The van der Waals surface area contributed by atoms with Crippen LogP contribution < -0.4 is 10.6 Å². The Hall–Kier alpha value is -3.59. The van der Waals surface area contributed by atoms with Gasteiger partial charge in [-0.3, -0.25) is 9.59 Å². The number of pyridine rings is 1. The van der Waals surface area contributed by atoms with E-state index in [2.05, 4.69) is 21.8 Å². The van der Waals surface area contributed by atoms with E-state index in [1.165, 1.54) is 19.2 Å². The number of benzene rings is 1. The van der Waals surface area contributed by atoms with Crippen molar-refractivity contribution in [1.82, 2.24) is 20.1 Å². The molecule has 0 unspecified atom stereocenters. The van der Waals surface area contributed by atoms with Crippen LogP contribution in [0.15, 0.2) is 36.5 Å². The van der Waals surface area contributed by atoms with Gasteiger partial charge in [-0.25, -0.2) is 14.1 Å². The number of amides is 2. The molecule has 0 aliphatic heterocycles. The molecule has 0 radical (unpaired) electrons. The van der Waals surface area contributed by atoms with Crippen LogP contribution >= 0.6 is 11.3 Å². The van der Waals surface area contributed by atoms with Crippen molar-refractivity contribution in [2.45, 2.75) is 33.7 Å². The van der Waals surface area contributed by atoms with Gasteiger partial charge in [0.2, 0.25) is 0 Å². The van der Waals surface area contributed by atoms with Crippen LogP contribution in [0.25, 0.3) is 22.3 Å². The minimum Gasteiger partial charge on any atom is -0.355 e. The van der Waals surface area contributed by atoms with Gasteiger partial charge in [0.25, 0.3) is 11.8 Å². The lowest BCUT2D eigenvalue weighted by Gasteiger charge is -2.12. The van der Waals surface area contributed by atoms with Gasteiger partial charge in [0.1, 0.15) is 5.82 Å². The molecule has 3 heterocycles. The fraction of sp³-hybridized carbons (Fsp3) is 0.250. The molecule has 3 aromatic heterocycles. The van der Waals surface area contributed by atoms with Crippen molar-refractivity contribution in [3.63, 3.8) is 0 Å². The molecular weight excluding hydrogens is 441 g/mol. The molecule has 0 saturated carbocycles. The lowest BCUT2D eigenvalue weighted by molar-refractivity contribution is 0.0957. The first-order valence-electron chi connectivity index (χ1n) is 10.5. The summed E-state index contributed by atoms with van der Waals surface area (Å²) in [5, 5.41) is 10.2. The number of hydrogen-bond acceptors (Lipinski definition) is 5. The molecule has 2 amide bonds. The van der Waals surface area contributed by atoms with E-state index < -0.39 is 17.6 Å². The second-order valence-electron chi connectivity index (χ2n) is 8.03. The lowest BCUT2D eigenvalue weighted by atomic mass is 10.1. The highest BCUT2D eigenvalue weighted by molar-refractivity contribution is 7.12. The zero-order valence-electron chi connectivity index (χ0n) is 19.0. The quantitative estimate of drug-likeness (QED) is 0.429. The van der Waals surface area contributed by atoms with Gasteiger partial charge in [-0.2, -0.15) is 5.10 Å². The fourth-order valence-electron chi connectivity index (χ4n) is 3.72. The first-order chi connectivity index (χ1) is 15.7. The van der Waals surface area contributed by atoms with E-state index in [0.29, 0.717) is 28.0 Å². The summed E-state index contributed by atoms with van der Waals surface area (Å²) in [7, 11) is 1.42. The smallest absolute Gasteiger partial charge is 0.256 e. The Morgan fingerprint density at radius 2 is 1.85 bits per heavy atom. The maximum atomic E-state index is 14.0. The van der Waals surface area contributed by atoms with Gasteiger partial charge >= 0.3 is 0 Å². The molecule has 0 bridgehead atoms. The highest BCUT2D eigenvalue weighted by Crippen LogP contribution is 2.33. The van der Waals surface area contributed by atoms with Crippen molar-refractivity contribution >= 4 is 39.9 Å². The molecule has 1 aromatic carbocycles. The number of aryl methyl sites for hydroxylation is 2. The SMILES string of the molecule is CNC(=O)c1cc(NC(=O)c2cc(-c3cc(C)sc3C)nc3c2cnn3C(C)C)ccc1F. The van der Waals surface area contributed by atoms with Crippen LogP contribution in [-0.2, 0) is 0 Å². The van der Waals surface area contributed by atoms with Crippen molar-refractivity contribution in [3.8, 4) is 11.3 Å². The molecule has 2 N–H and O–H groups in total. The predicted octanol–water partition coefficient (Wildman–Crippen LogP) is 5.11. The number of halogens is 1. The summed E-state index contributed by atoms with van der Waals surface area (Å²) < 4.78 is 15.8. The molecule has 0 fully saturated rings. The lowest BCUT2D eigenvalue weighted by Crippen LogP contribution is -2.20. The van der Waals surface area contributed by atoms with Crippen LogP contribution in [0.4, 0.5) is 10.1 Å². The first kappa shape index (κ1) is 22.6. The number of carbonyl (C=O) groups excluding carboxylic acids is 2. The van der Waals surface area contributed by atoms with Gasteiger partial charge in [0.15, 0.2) is 5.65 Å². The number of carbonyl (C=O) groups is 2. The van der Waals surface area contributed by atoms with Gasteiger partial charge in [-0.1, -0.05) is 0 Å². The Balaban J connectivity index is 1.82. The van der Waals surface area contributed by atoms with E-state index in [0.717, 1.165) is 21.4 Å². The topological polar surface area (TPSA) is 88.9 Å². The van der Waals surface area contributed by atoms with Crippen LogP contribution in [0.1, 0.15) is 50.4 Å². The number of anilines is 1. The minimum absolute atomic E-state index is 0.0543. The van der Waals surface area contributed by atoms with Crippen LogP contribution in [0.3, 0.4) is 0 Å². The number of nitrogens with one attached hydrogen (secondary N) is 2. The summed E-state index contributed by atoms with van der Waals surface area (Å²) in [6, 6.07) is 7.75. The second-order valence-corrected chi connectivity index (χ2v) is 9.49. The molecule has 0 aliphatic rings. The zero-order chi connectivity index (χ0) is 23.9. The van der Waals surface area contributed by atoms with Gasteiger partial charge in [-0.15, -0.1) is 11.3 Å². The summed E-state index contributed by atoms with van der Waals surface area (Å²) in [5.41, 5.74) is 2.82. The Labute approximate surface area is 194 Å². The molecule has 0 aliphatic carbocycles. The number of fused-ring (bicyclic) bond motifs is 1. The molecular formula is C24H24FN5O2S. The van der Waals surface area contributed by atoms with E-state index in [4.69, 9.17) is 4.98 Å². The summed E-state index contributed by atoms with van der Waals surface area (Å²) in [6.07, 6.45) is 1.63. The summed E-state index contributed by atoms with van der Waals surface area (Å²) in [4.78, 5) is 32.4. The van der Waals surface area contributed by atoms with E-state index in [9.17, 15) is 14.0 Å². The van der Waals surface area contributed by atoms with Crippen molar-refractivity contribution < 1.29 is 14.0 Å². The van der Waals surface area contributed by atoms with E-state index in [1.807, 2.05) is 27.7 Å². The largest absolute Gasteiger partial charge is 0.355 e. The Bertz CT molecular complexity index is 1390. The fourth-order valence-corrected chi connectivity index (χ4v) is 4.65. The van der Waals surface area contributed by atoms with Gasteiger partial charge in [0, 0.05) is 34.1 Å². The molecule has 170 valence electrons. The number of rotatable bonds is 5.